The average Bonchev–Trinajstić information content (AvgIpc) is 3.46. The van der Waals surface area contributed by atoms with Gasteiger partial charge in [0.1, 0.15) is 11.1 Å². The Hall–Kier alpha value is -4.58. The Balaban J connectivity index is 1.46. The summed E-state index contributed by atoms with van der Waals surface area (Å²) in [7, 11) is 0. The van der Waals surface area contributed by atoms with E-state index in [0.29, 0.717) is 6.54 Å². The lowest BCUT2D eigenvalue weighted by Gasteiger charge is -2.36. The molecule has 5 aromatic carbocycles. The van der Waals surface area contributed by atoms with Gasteiger partial charge in [0, 0.05) is 12.1 Å². The van der Waals surface area contributed by atoms with Gasteiger partial charge in [-0.05, 0) is 78.4 Å². The van der Waals surface area contributed by atoms with Crippen molar-refractivity contribution in [2.45, 2.75) is 37.9 Å². The van der Waals surface area contributed by atoms with Gasteiger partial charge in [-0.2, -0.15) is 0 Å². The van der Waals surface area contributed by atoms with Crippen LogP contribution < -0.4 is 11.1 Å². The molecule has 0 saturated carbocycles. The molecule has 3 N–H and O–H groups in total. The van der Waals surface area contributed by atoms with E-state index in [9.17, 15) is 0 Å². The van der Waals surface area contributed by atoms with Crippen molar-refractivity contribution >= 4 is 11.0 Å². The minimum atomic E-state index is -0.706. The summed E-state index contributed by atoms with van der Waals surface area (Å²) < 4.78 is 2.09. The molecule has 5 nitrogen and oxygen atoms in total. The molecule has 0 amide bonds. The van der Waals surface area contributed by atoms with Crippen LogP contribution in [0.15, 0.2) is 133 Å². The van der Waals surface area contributed by atoms with Crippen molar-refractivity contribution in [3.63, 3.8) is 0 Å². The summed E-state index contributed by atoms with van der Waals surface area (Å²) in [5.74, 6) is 0. The molecule has 0 radical (unpaired) electrons. The summed E-state index contributed by atoms with van der Waals surface area (Å²) in [5.41, 5.74) is 13.8. The molecule has 1 aromatic heterocycles. The molecule has 6 aromatic rings. The molecule has 0 saturated heterocycles. The molecule has 0 spiro atoms. The largest absolute Gasteiger partial charge is 0.330 e. The first-order valence-corrected chi connectivity index (χ1v) is 14.6. The minimum absolute atomic E-state index is 0.00900. The first kappa shape index (κ1) is 27.6. The number of nitrogens with zero attached hydrogens (tertiary/aromatic N) is 3. The Morgan fingerprint density at radius 2 is 1.24 bits per heavy atom. The molecular weight excluding hydrogens is 514 g/mol. The van der Waals surface area contributed by atoms with E-state index in [1.165, 1.54) is 5.56 Å². The van der Waals surface area contributed by atoms with Crippen molar-refractivity contribution < 1.29 is 0 Å². The van der Waals surface area contributed by atoms with Crippen LogP contribution in [-0.4, -0.2) is 27.1 Å². The fourth-order valence-corrected chi connectivity index (χ4v) is 5.91. The minimum Gasteiger partial charge on any atom is -0.330 e. The van der Waals surface area contributed by atoms with Gasteiger partial charge < -0.3 is 11.1 Å². The van der Waals surface area contributed by atoms with Gasteiger partial charge in [0.25, 0.3) is 0 Å². The molecule has 0 aliphatic rings. The molecule has 0 bridgehead atoms. The fraction of sp³-hybridized carbons (Fsp3) is 0.189. The van der Waals surface area contributed by atoms with Crippen LogP contribution in [0, 0.1) is 0 Å². The van der Waals surface area contributed by atoms with E-state index in [-0.39, 0.29) is 5.54 Å². The summed E-state index contributed by atoms with van der Waals surface area (Å²) in [5, 5.41) is 13.3. The van der Waals surface area contributed by atoms with Gasteiger partial charge in [-0.1, -0.05) is 120 Å². The maximum absolute atomic E-state index is 5.80. The Kier molecular flexibility index (Phi) is 7.70. The third kappa shape index (κ3) is 5.25. The van der Waals surface area contributed by atoms with Gasteiger partial charge >= 0.3 is 0 Å². The van der Waals surface area contributed by atoms with E-state index in [4.69, 9.17) is 16.0 Å². The molecule has 1 heterocycles. The molecule has 210 valence electrons. The zero-order valence-electron chi connectivity index (χ0n) is 24.2. The van der Waals surface area contributed by atoms with Gasteiger partial charge in [0.2, 0.25) is 0 Å². The highest BCUT2D eigenvalue weighted by Crippen LogP contribution is 2.42. The highest BCUT2D eigenvalue weighted by atomic mass is 15.5. The average molecular weight is 552 g/mol. The van der Waals surface area contributed by atoms with E-state index in [0.717, 1.165) is 51.8 Å². The zero-order valence-corrected chi connectivity index (χ0v) is 24.2. The summed E-state index contributed by atoms with van der Waals surface area (Å²) in [6.07, 6.45) is 0.926. The number of fused-ring (bicyclic) bond motifs is 1. The van der Waals surface area contributed by atoms with E-state index in [2.05, 4.69) is 157 Å². The van der Waals surface area contributed by atoms with Gasteiger partial charge in [-0.15, -0.1) is 5.10 Å². The second kappa shape index (κ2) is 11.7. The summed E-state index contributed by atoms with van der Waals surface area (Å²) in [6.45, 7) is 5.84. The third-order valence-electron chi connectivity index (χ3n) is 8.14. The standard InChI is InChI=1S/C37H37N5/c1-36(2,23-24-38)39-27-28-13-12-14-29(25-28)30-21-22-35-34(26-30)40-41-42(35)37(31-15-6-3-7-16-31,32-17-8-4-9-18-32)33-19-10-5-11-20-33/h3-22,25-26,39H,23-24,27,38H2,1-2H3. The van der Waals surface area contributed by atoms with Crippen LogP contribution in [0.1, 0.15) is 42.5 Å². The van der Waals surface area contributed by atoms with Crippen molar-refractivity contribution in [2.75, 3.05) is 6.54 Å². The number of hydrogen-bond donors (Lipinski definition) is 2. The zero-order chi connectivity index (χ0) is 29.0. The van der Waals surface area contributed by atoms with E-state index in [1.54, 1.807) is 0 Å². The molecule has 0 aliphatic heterocycles. The van der Waals surface area contributed by atoms with Crippen LogP contribution in [0.2, 0.25) is 0 Å². The molecular formula is C37H37N5. The first-order chi connectivity index (χ1) is 20.5. The van der Waals surface area contributed by atoms with Crippen molar-refractivity contribution in [2.24, 2.45) is 5.73 Å². The topological polar surface area (TPSA) is 68.8 Å². The normalized spacial score (nSPS) is 12.1. The number of hydrogen-bond acceptors (Lipinski definition) is 4. The predicted molar refractivity (Wildman–Crippen MR) is 172 cm³/mol. The molecule has 5 heteroatoms. The lowest BCUT2D eigenvalue weighted by Crippen LogP contribution is -2.40. The quantitative estimate of drug-likeness (QED) is 0.177. The van der Waals surface area contributed by atoms with E-state index >= 15 is 0 Å². The summed E-state index contributed by atoms with van der Waals surface area (Å²) in [6, 6.07) is 46.9. The number of aromatic nitrogens is 3. The number of rotatable bonds is 10. The summed E-state index contributed by atoms with van der Waals surface area (Å²) >= 11 is 0. The Bertz CT molecular complexity index is 1660. The van der Waals surface area contributed by atoms with Crippen LogP contribution >= 0.6 is 0 Å². The highest BCUT2D eigenvalue weighted by Gasteiger charge is 2.40. The number of benzene rings is 5. The van der Waals surface area contributed by atoms with Crippen molar-refractivity contribution in [3.05, 3.63) is 156 Å². The highest BCUT2D eigenvalue weighted by molar-refractivity contribution is 5.82. The molecule has 0 atom stereocenters. The maximum Gasteiger partial charge on any atom is 0.140 e. The number of nitrogens with two attached hydrogens (primary N) is 1. The monoisotopic (exact) mass is 551 g/mol. The van der Waals surface area contributed by atoms with Crippen LogP contribution in [0.25, 0.3) is 22.2 Å². The van der Waals surface area contributed by atoms with Gasteiger partial charge in [0.05, 0.1) is 5.52 Å². The van der Waals surface area contributed by atoms with Crippen LogP contribution in [0.5, 0.6) is 0 Å². The van der Waals surface area contributed by atoms with E-state index in [1.807, 2.05) is 0 Å². The molecule has 0 unspecified atom stereocenters. The lowest BCUT2D eigenvalue weighted by atomic mass is 9.77. The molecule has 42 heavy (non-hydrogen) atoms. The Labute approximate surface area is 248 Å². The second-order valence-corrected chi connectivity index (χ2v) is 11.5. The Morgan fingerprint density at radius 3 is 1.81 bits per heavy atom. The third-order valence-corrected chi connectivity index (χ3v) is 8.14. The Morgan fingerprint density at radius 1 is 0.667 bits per heavy atom. The first-order valence-electron chi connectivity index (χ1n) is 14.6. The SMILES string of the molecule is CC(C)(CCN)NCc1cccc(-c2ccc3c(c2)nnn3C(c2ccccc2)(c2ccccc2)c2ccccc2)c1. The van der Waals surface area contributed by atoms with Crippen molar-refractivity contribution in [1.82, 2.24) is 20.3 Å². The lowest BCUT2D eigenvalue weighted by molar-refractivity contribution is 0.365. The number of nitrogens with one attached hydrogen (secondary N) is 1. The van der Waals surface area contributed by atoms with Crippen molar-refractivity contribution in [1.29, 1.82) is 0 Å². The molecule has 0 aliphatic carbocycles. The maximum atomic E-state index is 5.80. The second-order valence-electron chi connectivity index (χ2n) is 11.5. The molecule has 0 fully saturated rings. The molecule has 6 rings (SSSR count). The van der Waals surface area contributed by atoms with Gasteiger partial charge in [-0.25, -0.2) is 4.68 Å². The van der Waals surface area contributed by atoms with Crippen LogP contribution in [0.4, 0.5) is 0 Å². The van der Waals surface area contributed by atoms with Crippen LogP contribution in [-0.2, 0) is 12.1 Å². The van der Waals surface area contributed by atoms with Crippen LogP contribution in [0.3, 0.4) is 0 Å². The van der Waals surface area contributed by atoms with Gasteiger partial charge in [-0.3, -0.25) is 0 Å². The summed E-state index contributed by atoms with van der Waals surface area (Å²) in [4.78, 5) is 0. The smallest absolute Gasteiger partial charge is 0.140 e. The fourth-order valence-electron chi connectivity index (χ4n) is 5.91. The van der Waals surface area contributed by atoms with Gasteiger partial charge in [0.15, 0.2) is 0 Å². The predicted octanol–water partition coefficient (Wildman–Crippen LogP) is 7.16. The van der Waals surface area contributed by atoms with Crippen molar-refractivity contribution in [3.8, 4) is 11.1 Å². The van der Waals surface area contributed by atoms with E-state index < -0.39 is 5.54 Å².